The second-order valence-electron chi connectivity index (χ2n) is 4.41. The maximum atomic E-state index is 6.22. The molecule has 1 aromatic heterocycles. The third-order valence-corrected chi connectivity index (χ3v) is 3.44. The van der Waals surface area contributed by atoms with Crippen molar-refractivity contribution >= 4 is 45.8 Å². The third-order valence-electron chi connectivity index (χ3n) is 2.87. The van der Waals surface area contributed by atoms with E-state index in [1.807, 2.05) is 12.1 Å². The second kappa shape index (κ2) is 6.25. The number of oxazole rings is 1. The average Bonchev–Trinajstić information content (AvgIpc) is 2.99. The van der Waals surface area contributed by atoms with Crippen LogP contribution >= 0.6 is 23.2 Å². The van der Waals surface area contributed by atoms with E-state index in [4.69, 9.17) is 38.1 Å². The molecule has 2 aromatic carbocycles. The van der Waals surface area contributed by atoms with Crippen LogP contribution in [0.1, 0.15) is 0 Å². The summed E-state index contributed by atoms with van der Waals surface area (Å²) in [5.74, 6) is 1.52. The molecule has 0 aliphatic carbocycles. The topological polar surface area (TPSA) is 73.6 Å². The van der Waals surface area contributed by atoms with Crippen molar-refractivity contribution in [3.63, 3.8) is 0 Å². The lowest BCUT2D eigenvalue weighted by molar-refractivity contribution is 0.487. The van der Waals surface area contributed by atoms with E-state index in [1.165, 1.54) is 6.39 Å². The molecule has 0 aliphatic heterocycles. The first-order chi connectivity index (χ1) is 10.7. The molecule has 0 unspecified atom stereocenters. The number of para-hydroxylation sites is 1. The number of nitrogens with two attached hydrogens (primary N) is 1. The van der Waals surface area contributed by atoms with E-state index in [0.717, 1.165) is 0 Å². The standard InChI is InChI=1S/C15H11Cl2N3O2/c16-7-14(18)20-9-4-5-11(10(17)6-9)22-13-3-1-2-12-15(13)19-8-21-12/h1-6,8H,7H2,(H2,18,20). The van der Waals surface area contributed by atoms with E-state index >= 15 is 0 Å². The van der Waals surface area contributed by atoms with Gasteiger partial charge in [-0.05, 0) is 30.3 Å². The predicted molar refractivity (Wildman–Crippen MR) is 87.5 cm³/mol. The molecule has 5 nitrogen and oxygen atoms in total. The van der Waals surface area contributed by atoms with Gasteiger partial charge >= 0.3 is 0 Å². The zero-order valence-electron chi connectivity index (χ0n) is 11.3. The highest BCUT2D eigenvalue weighted by atomic mass is 35.5. The Kier molecular flexibility index (Phi) is 4.18. The summed E-state index contributed by atoms with van der Waals surface area (Å²) in [5.41, 5.74) is 7.47. The number of aromatic nitrogens is 1. The Morgan fingerprint density at radius 1 is 1.27 bits per heavy atom. The number of benzene rings is 2. The van der Waals surface area contributed by atoms with Crippen molar-refractivity contribution in [2.45, 2.75) is 0 Å². The molecule has 7 heteroatoms. The highest BCUT2D eigenvalue weighted by Crippen LogP contribution is 2.35. The first-order valence-corrected chi connectivity index (χ1v) is 7.27. The molecule has 3 aromatic rings. The minimum absolute atomic E-state index is 0.157. The lowest BCUT2D eigenvalue weighted by atomic mass is 10.3. The summed E-state index contributed by atoms with van der Waals surface area (Å²) in [6, 6.07) is 10.5. The summed E-state index contributed by atoms with van der Waals surface area (Å²) in [6.45, 7) is 0. The maximum absolute atomic E-state index is 6.22. The zero-order valence-corrected chi connectivity index (χ0v) is 12.8. The molecule has 0 aliphatic rings. The van der Waals surface area contributed by atoms with Crippen LogP contribution in [0.2, 0.25) is 5.02 Å². The number of ether oxygens (including phenoxy) is 1. The van der Waals surface area contributed by atoms with Gasteiger partial charge in [-0.1, -0.05) is 17.7 Å². The minimum Gasteiger partial charge on any atom is -0.453 e. The zero-order chi connectivity index (χ0) is 15.5. The van der Waals surface area contributed by atoms with Crippen LogP contribution in [-0.4, -0.2) is 16.7 Å². The van der Waals surface area contributed by atoms with E-state index in [-0.39, 0.29) is 5.88 Å². The average molecular weight is 336 g/mol. The molecular formula is C15H11Cl2N3O2. The molecule has 0 atom stereocenters. The number of hydrogen-bond donors (Lipinski definition) is 1. The van der Waals surface area contributed by atoms with Gasteiger partial charge in [0.2, 0.25) is 0 Å². The molecule has 112 valence electrons. The summed E-state index contributed by atoms with van der Waals surface area (Å²) in [5, 5.41) is 0.407. The molecule has 0 saturated heterocycles. The first kappa shape index (κ1) is 14.7. The lowest BCUT2D eigenvalue weighted by Crippen LogP contribution is -2.12. The Labute approximate surface area is 136 Å². The SMILES string of the molecule is NC(CCl)=Nc1ccc(Oc2cccc3ocnc23)c(Cl)c1. The van der Waals surface area contributed by atoms with Gasteiger partial charge in [-0.25, -0.2) is 9.98 Å². The summed E-state index contributed by atoms with van der Waals surface area (Å²) >= 11 is 11.8. The molecular weight excluding hydrogens is 325 g/mol. The summed E-state index contributed by atoms with van der Waals surface area (Å²) in [7, 11) is 0. The fourth-order valence-electron chi connectivity index (χ4n) is 1.90. The monoisotopic (exact) mass is 335 g/mol. The van der Waals surface area contributed by atoms with Gasteiger partial charge in [-0.3, -0.25) is 0 Å². The molecule has 0 saturated carbocycles. The Morgan fingerprint density at radius 3 is 2.91 bits per heavy atom. The Morgan fingerprint density at radius 2 is 2.14 bits per heavy atom. The second-order valence-corrected chi connectivity index (χ2v) is 5.08. The molecule has 0 bridgehead atoms. The molecule has 0 spiro atoms. The fourth-order valence-corrected chi connectivity index (χ4v) is 2.17. The number of alkyl halides is 1. The van der Waals surface area contributed by atoms with E-state index in [0.29, 0.717) is 39.1 Å². The van der Waals surface area contributed by atoms with Gasteiger partial charge in [0, 0.05) is 0 Å². The van der Waals surface area contributed by atoms with Crippen LogP contribution in [0.25, 0.3) is 11.1 Å². The van der Waals surface area contributed by atoms with Gasteiger partial charge in [-0.15, -0.1) is 11.6 Å². The number of halogens is 2. The van der Waals surface area contributed by atoms with Crippen molar-refractivity contribution in [1.82, 2.24) is 4.98 Å². The van der Waals surface area contributed by atoms with Crippen LogP contribution in [0.4, 0.5) is 5.69 Å². The number of rotatable bonds is 4. The number of hydrogen-bond acceptors (Lipinski definition) is 4. The number of amidine groups is 1. The van der Waals surface area contributed by atoms with E-state index in [1.54, 1.807) is 24.3 Å². The Balaban J connectivity index is 1.91. The van der Waals surface area contributed by atoms with Crippen molar-refractivity contribution in [3.05, 3.63) is 47.8 Å². The highest BCUT2D eigenvalue weighted by Gasteiger charge is 2.10. The molecule has 0 fully saturated rings. The van der Waals surface area contributed by atoms with E-state index in [9.17, 15) is 0 Å². The Bertz CT molecular complexity index is 846. The predicted octanol–water partition coefficient (Wildman–Crippen LogP) is 4.50. The van der Waals surface area contributed by atoms with Crippen molar-refractivity contribution < 1.29 is 9.15 Å². The smallest absolute Gasteiger partial charge is 0.182 e. The van der Waals surface area contributed by atoms with Crippen LogP contribution in [0.5, 0.6) is 11.5 Å². The Hall–Kier alpha value is -2.24. The highest BCUT2D eigenvalue weighted by molar-refractivity contribution is 6.32. The summed E-state index contributed by atoms with van der Waals surface area (Å²) < 4.78 is 11.0. The lowest BCUT2D eigenvalue weighted by Gasteiger charge is -2.08. The van der Waals surface area contributed by atoms with Crippen molar-refractivity contribution in [1.29, 1.82) is 0 Å². The van der Waals surface area contributed by atoms with E-state index < -0.39 is 0 Å². The quantitative estimate of drug-likeness (QED) is 0.432. The van der Waals surface area contributed by atoms with E-state index in [2.05, 4.69) is 9.98 Å². The largest absolute Gasteiger partial charge is 0.453 e. The van der Waals surface area contributed by atoms with Crippen LogP contribution in [0.15, 0.2) is 52.2 Å². The molecule has 0 amide bonds. The molecule has 22 heavy (non-hydrogen) atoms. The van der Waals surface area contributed by atoms with Gasteiger partial charge in [-0.2, -0.15) is 0 Å². The molecule has 1 heterocycles. The summed E-state index contributed by atoms with van der Waals surface area (Å²) in [4.78, 5) is 8.25. The molecule has 2 N–H and O–H groups in total. The minimum atomic E-state index is 0.157. The number of aliphatic imine (C=N–C) groups is 1. The van der Waals surface area contributed by atoms with Crippen molar-refractivity contribution in [2.24, 2.45) is 10.7 Å². The summed E-state index contributed by atoms with van der Waals surface area (Å²) in [6.07, 6.45) is 1.37. The van der Waals surface area contributed by atoms with Crippen LogP contribution in [0, 0.1) is 0 Å². The van der Waals surface area contributed by atoms with Gasteiger partial charge < -0.3 is 14.9 Å². The number of fused-ring (bicyclic) bond motifs is 1. The van der Waals surface area contributed by atoms with Gasteiger partial charge in [0.25, 0.3) is 0 Å². The van der Waals surface area contributed by atoms with Gasteiger partial charge in [0.15, 0.2) is 23.2 Å². The first-order valence-electron chi connectivity index (χ1n) is 6.36. The molecule has 3 rings (SSSR count). The molecule has 0 radical (unpaired) electrons. The fraction of sp³-hybridized carbons (Fsp3) is 0.0667. The maximum Gasteiger partial charge on any atom is 0.182 e. The third kappa shape index (κ3) is 3.00. The van der Waals surface area contributed by atoms with Crippen molar-refractivity contribution in [3.8, 4) is 11.5 Å². The number of nitrogens with zero attached hydrogens (tertiary/aromatic N) is 2. The van der Waals surface area contributed by atoms with Crippen LogP contribution in [0.3, 0.4) is 0 Å². The van der Waals surface area contributed by atoms with Gasteiger partial charge in [0.05, 0.1) is 16.6 Å². The van der Waals surface area contributed by atoms with Gasteiger partial charge in [0.1, 0.15) is 11.6 Å². The van der Waals surface area contributed by atoms with Crippen LogP contribution < -0.4 is 10.5 Å². The van der Waals surface area contributed by atoms with Crippen molar-refractivity contribution in [2.75, 3.05) is 5.88 Å². The van der Waals surface area contributed by atoms with Crippen LogP contribution in [-0.2, 0) is 0 Å². The normalized spacial score (nSPS) is 11.8.